The lowest BCUT2D eigenvalue weighted by Crippen LogP contribution is -2.53. The van der Waals surface area contributed by atoms with Gasteiger partial charge < -0.3 is 9.84 Å². The van der Waals surface area contributed by atoms with Crippen molar-refractivity contribution >= 4 is 0 Å². The molecule has 5 aliphatic rings. The van der Waals surface area contributed by atoms with E-state index in [1.807, 2.05) is 0 Å². The summed E-state index contributed by atoms with van der Waals surface area (Å²) in [4.78, 5) is 11.1. The first-order chi connectivity index (χ1) is 13.2. The molecule has 0 radical (unpaired) electrons. The third-order valence-electron chi connectivity index (χ3n) is 9.33. The molecule has 0 aromatic carbocycles. The van der Waals surface area contributed by atoms with E-state index >= 15 is 0 Å². The highest BCUT2D eigenvalue weighted by atomic mass is 16.5. The van der Waals surface area contributed by atoms with Crippen LogP contribution in [0.5, 0.6) is 0 Å². The van der Waals surface area contributed by atoms with E-state index in [1.54, 1.807) is 0 Å². The SMILES string of the molecule is CC[C@]12CCC3C(CC(CO)=C4CC(N=O)CC[C@@H]43)C1CC[C@@]21C=CCO1. The zero-order chi connectivity index (χ0) is 18.6. The summed E-state index contributed by atoms with van der Waals surface area (Å²) in [6.07, 6.45) is 14.6. The van der Waals surface area contributed by atoms with Crippen molar-refractivity contribution in [1.29, 1.82) is 0 Å². The number of rotatable bonds is 3. The van der Waals surface area contributed by atoms with E-state index in [2.05, 4.69) is 24.3 Å². The Morgan fingerprint density at radius 1 is 1.19 bits per heavy atom. The van der Waals surface area contributed by atoms with Crippen molar-refractivity contribution in [3.05, 3.63) is 28.2 Å². The summed E-state index contributed by atoms with van der Waals surface area (Å²) in [5.41, 5.74) is 2.90. The third kappa shape index (κ3) is 2.35. The molecular formula is C23H33NO3. The molecular weight excluding hydrogens is 338 g/mol. The van der Waals surface area contributed by atoms with Gasteiger partial charge in [0.25, 0.3) is 0 Å². The quantitative estimate of drug-likeness (QED) is 0.574. The molecule has 1 heterocycles. The minimum Gasteiger partial charge on any atom is -0.392 e. The largest absolute Gasteiger partial charge is 0.392 e. The predicted octanol–water partition coefficient (Wildman–Crippen LogP) is 4.77. The molecule has 3 saturated carbocycles. The van der Waals surface area contributed by atoms with Gasteiger partial charge in [0.15, 0.2) is 0 Å². The van der Waals surface area contributed by atoms with Crippen LogP contribution in [0.4, 0.5) is 0 Å². The Morgan fingerprint density at radius 2 is 2.07 bits per heavy atom. The molecule has 1 aliphatic heterocycles. The van der Waals surface area contributed by atoms with Crippen LogP contribution < -0.4 is 0 Å². The van der Waals surface area contributed by atoms with E-state index in [4.69, 9.17) is 4.74 Å². The smallest absolute Gasteiger partial charge is 0.0957 e. The molecule has 4 aliphatic carbocycles. The molecule has 148 valence electrons. The maximum atomic E-state index is 11.1. The molecule has 27 heavy (non-hydrogen) atoms. The van der Waals surface area contributed by atoms with Crippen LogP contribution >= 0.6 is 0 Å². The summed E-state index contributed by atoms with van der Waals surface area (Å²) >= 11 is 0. The summed E-state index contributed by atoms with van der Waals surface area (Å²) < 4.78 is 6.41. The molecule has 1 N–H and O–H groups in total. The van der Waals surface area contributed by atoms with Crippen molar-refractivity contribution in [3.8, 4) is 0 Å². The first-order valence-electron chi connectivity index (χ1n) is 11.1. The second-order valence-corrected chi connectivity index (χ2v) is 9.76. The van der Waals surface area contributed by atoms with Gasteiger partial charge >= 0.3 is 0 Å². The van der Waals surface area contributed by atoms with Crippen LogP contribution in [0.1, 0.15) is 64.7 Å². The minimum atomic E-state index is -0.0700. The zero-order valence-electron chi connectivity index (χ0n) is 16.5. The van der Waals surface area contributed by atoms with Crippen LogP contribution in [0, 0.1) is 34.0 Å². The summed E-state index contributed by atoms with van der Waals surface area (Å²) in [5.74, 6) is 2.68. The van der Waals surface area contributed by atoms with E-state index in [0.717, 1.165) is 44.6 Å². The van der Waals surface area contributed by atoms with Crippen molar-refractivity contribution in [2.45, 2.75) is 76.4 Å². The van der Waals surface area contributed by atoms with Gasteiger partial charge in [-0.1, -0.05) is 29.8 Å². The van der Waals surface area contributed by atoms with Crippen molar-refractivity contribution in [1.82, 2.24) is 0 Å². The number of aliphatic hydroxyl groups is 1. The molecule has 4 nitrogen and oxygen atoms in total. The maximum absolute atomic E-state index is 11.1. The van der Waals surface area contributed by atoms with Crippen LogP contribution in [0.3, 0.4) is 0 Å². The van der Waals surface area contributed by atoms with Crippen molar-refractivity contribution in [2.75, 3.05) is 13.2 Å². The van der Waals surface area contributed by atoms with E-state index in [9.17, 15) is 10.0 Å². The predicted molar refractivity (Wildman–Crippen MR) is 105 cm³/mol. The summed E-state index contributed by atoms with van der Waals surface area (Å²) in [5, 5.41) is 13.5. The van der Waals surface area contributed by atoms with Gasteiger partial charge in [-0.05, 0) is 87.0 Å². The standard InChI is InChI=1S/C23H33NO3/c1-2-22-9-6-18-17-5-4-16(24-26)13-19(17)15(14-25)12-20(18)21(22)7-10-23(22)8-3-11-27-23/h3,8,16-18,20-21,25H,2,4-7,9-14H2,1H3/t16?,17-,18?,20?,21?,22+,23+/m1/s1. The van der Waals surface area contributed by atoms with Gasteiger partial charge in [0, 0.05) is 5.41 Å². The fourth-order valence-corrected chi connectivity index (χ4v) is 8.25. The van der Waals surface area contributed by atoms with E-state index in [-0.39, 0.29) is 23.7 Å². The van der Waals surface area contributed by atoms with Crippen LogP contribution in [0.2, 0.25) is 0 Å². The fourth-order valence-electron chi connectivity index (χ4n) is 8.25. The molecule has 7 atom stereocenters. The highest BCUT2D eigenvalue weighted by Crippen LogP contribution is 2.68. The lowest BCUT2D eigenvalue weighted by atomic mass is 9.49. The molecule has 4 unspecified atom stereocenters. The lowest BCUT2D eigenvalue weighted by Gasteiger charge is -2.57. The molecule has 0 aromatic heterocycles. The Kier molecular flexibility index (Phi) is 4.36. The first-order valence-corrected chi connectivity index (χ1v) is 11.1. The Hall–Kier alpha value is -1.00. The summed E-state index contributed by atoms with van der Waals surface area (Å²) in [6.45, 7) is 3.30. The highest BCUT2D eigenvalue weighted by Gasteiger charge is 2.64. The molecule has 0 aromatic rings. The van der Waals surface area contributed by atoms with Crippen molar-refractivity contribution in [2.24, 2.45) is 34.3 Å². The average molecular weight is 372 g/mol. The highest BCUT2D eigenvalue weighted by molar-refractivity contribution is 5.30. The monoisotopic (exact) mass is 371 g/mol. The van der Waals surface area contributed by atoms with E-state index in [0.29, 0.717) is 17.8 Å². The third-order valence-corrected chi connectivity index (χ3v) is 9.33. The molecule has 0 bridgehead atoms. The molecule has 3 fully saturated rings. The number of hydrogen-bond acceptors (Lipinski definition) is 4. The second kappa shape index (κ2) is 6.52. The van der Waals surface area contributed by atoms with E-state index < -0.39 is 0 Å². The van der Waals surface area contributed by atoms with E-state index in [1.165, 1.54) is 36.8 Å². The van der Waals surface area contributed by atoms with Gasteiger partial charge in [-0.25, -0.2) is 0 Å². The Labute approximate surface area is 162 Å². The van der Waals surface area contributed by atoms with Gasteiger partial charge in [-0.3, -0.25) is 0 Å². The number of nitroso groups, excluding NO2 is 1. The topological polar surface area (TPSA) is 58.9 Å². The van der Waals surface area contributed by atoms with Crippen LogP contribution in [0.25, 0.3) is 0 Å². The van der Waals surface area contributed by atoms with Crippen LogP contribution in [-0.2, 0) is 4.74 Å². The average Bonchev–Trinajstić information content (AvgIpc) is 3.33. The van der Waals surface area contributed by atoms with Gasteiger partial charge in [0.2, 0.25) is 0 Å². The lowest BCUT2D eigenvalue weighted by molar-refractivity contribution is -0.120. The van der Waals surface area contributed by atoms with Crippen molar-refractivity contribution < 1.29 is 9.84 Å². The minimum absolute atomic E-state index is 0.0279. The summed E-state index contributed by atoms with van der Waals surface area (Å²) in [6, 6.07) is -0.0700. The molecule has 1 spiro atoms. The molecule has 0 saturated heterocycles. The van der Waals surface area contributed by atoms with Gasteiger partial charge in [0.1, 0.15) is 0 Å². The van der Waals surface area contributed by atoms with Crippen LogP contribution in [0.15, 0.2) is 28.5 Å². The maximum Gasteiger partial charge on any atom is 0.0957 e. The van der Waals surface area contributed by atoms with Crippen LogP contribution in [-0.4, -0.2) is 30.0 Å². The van der Waals surface area contributed by atoms with Crippen molar-refractivity contribution in [3.63, 3.8) is 0 Å². The zero-order valence-corrected chi connectivity index (χ0v) is 16.5. The molecule has 5 rings (SSSR count). The fraction of sp³-hybridized carbons (Fsp3) is 0.826. The number of nitrogens with zero attached hydrogens (tertiary/aromatic N) is 1. The normalized spacial score (nSPS) is 48.4. The number of fused-ring (bicyclic) bond motifs is 6. The van der Waals surface area contributed by atoms with Gasteiger partial charge in [-0.2, -0.15) is 4.91 Å². The Bertz CT molecular complexity index is 685. The van der Waals surface area contributed by atoms with Gasteiger partial charge in [-0.15, -0.1) is 0 Å². The Balaban J connectivity index is 1.51. The second-order valence-electron chi connectivity index (χ2n) is 9.76. The number of aliphatic hydroxyl groups excluding tert-OH is 1. The number of ether oxygens (including phenoxy) is 1. The van der Waals surface area contributed by atoms with Gasteiger partial charge in [0.05, 0.1) is 24.9 Å². The molecule has 4 heteroatoms. The first kappa shape index (κ1) is 18.1. The number of hydrogen-bond donors (Lipinski definition) is 1. The summed E-state index contributed by atoms with van der Waals surface area (Å²) in [7, 11) is 0. The Morgan fingerprint density at radius 3 is 2.78 bits per heavy atom. The molecule has 0 amide bonds.